The first-order valence-corrected chi connectivity index (χ1v) is 12.0. The Morgan fingerprint density at radius 1 is 1.09 bits per heavy atom. The Balaban J connectivity index is 0.00000306. The summed E-state index contributed by atoms with van der Waals surface area (Å²) in [7, 11) is 1.82. The third-order valence-electron chi connectivity index (χ3n) is 6.92. The summed E-state index contributed by atoms with van der Waals surface area (Å²) in [6.07, 6.45) is 3.80. The number of benzene rings is 1. The number of ether oxygens (including phenoxy) is 1. The number of carbonyl (C=O) groups is 1. The summed E-state index contributed by atoms with van der Waals surface area (Å²) in [5, 5.41) is 3.55. The number of amides is 1. The molecule has 1 unspecified atom stereocenters. The van der Waals surface area contributed by atoms with Crippen LogP contribution in [0, 0.1) is 11.7 Å². The van der Waals surface area contributed by atoms with Crippen molar-refractivity contribution in [1.29, 1.82) is 0 Å². The lowest BCUT2D eigenvalue weighted by Crippen LogP contribution is -2.55. The zero-order valence-corrected chi connectivity index (χ0v) is 21.9. The zero-order chi connectivity index (χ0) is 22.3. The van der Waals surface area contributed by atoms with Crippen molar-refractivity contribution in [2.75, 3.05) is 59.5 Å². The summed E-state index contributed by atoms with van der Waals surface area (Å²) in [6, 6.07) is 7.06. The number of halogens is 2. The Hall–Kier alpha value is -1.46. The summed E-state index contributed by atoms with van der Waals surface area (Å²) >= 11 is 0. The van der Waals surface area contributed by atoms with E-state index >= 15 is 0 Å². The molecule has 7 nitrogen and oxygen atoms in total. The molecule has 0 spiro atoms. The third-order valence-corrected chi connectivity index (χ3v) is 6.92. The van der Waals surface area contributed by atoms with E-state index in [1.165, 1.54) is 6.07 Å². The number of likely N-dealkylation sites (tertiary alicyclic amines) is 1. The van der Waals surface area contributed by atoms with Crippen molar-refractivity contribution in [2.45, 2.75) is 38.3 Å². The lowest BCUT2D eigenvalue weighted by Gasteiger charge is -2.38. The van der Waals surface area contributed by atoms with Crippen LogP contribution in [-0.4, -0.2) is 92.1 Å². The molecule has 184 valence electrons. The first-order chi connectivity index (χ1) is 15.6. The van der Waals surface area contributed by atoms with Gasteiger partial charge in [-0.2, -0.15) is 0 Å². The second kappa shape index (κ2) is 12.9. The molecule has 3 saturated heterocycles. The molecule has 3 aliphatic rings. The lowest BCUT2D eigenvalue weighted by atomic mass is 9.96. The van der Waals surface area contributed by atoms with Crippen LogP contribution in [0.3, 0.4) is 0 Å². The zero-order valence-electron chi connectivity index (χ0n) is 19.5. The number of aliphatic imine (C=N–C) groups is 1. The smallest absolute Gasteiger partial charge is 0.251 e. The van der Waals surface area contributed by atoms with Gasteiger partial charge >= 0.3 is 0 Å². The van der Waals surface area contributed by atoms with Crippen molar-refractivity contribution in [3.05, 3.63) is 35.6 Å². The molecular formula is C24H37FIN5O2. The van der Waals surface area contributed by atoms with Crippen LogP contribution < -0.4 is 5.32 Å². The highest BCUT2D eigenvalue weighted by Gasteiger charge is 2.31. The number of nitrogens with one attached hydrogen (secondary N) is 1. The van der Waals surface area contributed by atoms with Gasteiger partial charge in [0.1, 0.15) is 11.9 Å². The maximum Gasteiger partial charge on any atom is 0.251 e. The minimum Gasteiger partial charge on any atom is -0.368 e. The van der Waals surface area contributed by atoms with Crippen LogP contribution in [0.15, 0.2) is 29.3 Å². The van der Waals surface area contributed by atoms with Gasteiger partial charge in [0.05, 0.1) is 0 Å². The standard InChI is InChI=1S/C24H36FN5O2.HI/c1-26-24(30-14-12-29(13-15-30)23(31)22-7-4-16-32-22)27-17-19-8-10-28(11-9-19)18-20-5-2-3-6-21(20)25;/h2-3,5-6,19,22H,4,7-18H2,1H3,(H,26,27);1H. The molecule has 1 aromatic carbocycles. The van der Waals surface area contributed by atoms with Gasteiger partial charge in [0.15, 0.2) is 5.96 Å². The number of rotatable bonds is 5. The molecule has 0 radical (unpaired) electrons. The van der Waals surface area contributed by atoms with Crippen molar-refractivity contribution in [2.24, 2.45) is 10.9 Å². The van der Waals surface area contributed by atoms with Gasteiger partial charge in [-0.1, -0.05) is 18.2 Å². The van der Waals surface area contributed by atoms with Crippen LogP contribution in [-0.2, 0) is 16.1 Å². The highest BCUT2D eigenvalue weighted by Crippen LogP contribution is 2.20. The van der Waals surface area contributed by atoms with Gasteiger partial charge in [0.2, 0.25) is 0 Å². The molecule has 3 aliphatic heterocycles. The molecule has 1 aromatic rings. The predicted octanol–water partition coefficient (Wildman–Crippen LogP) is 2.55. The van der Waals surface area contributed by atoms with E-state index < -0.39 is 0 Å². The Morgan fingerprint density at radius 2 is 1.79 bits per heavy atom. The van der Waals surface area contributed by atoms with Gasteiger partial charge < -0.3 is 19.9 Å². The largest absolute Gasteiger partial charge is 0.368 e. The van der Waals surface area contributed by atoms with Gasteiger partial charge in [-0.3, -0.25) is 14.7 Å². The molecule has 1 amide bonds. The topological polar surface area (TPSA) is 60.4 Å². The maximum atomic E-state index is 13.9. The summed E-state index contributed by atoms with van der Waals surface area (Å²) in [6.45, 7) is 7.28. The summed E-state index contributed by atoms with van der Waals surface area (Å²) in [5.41, 5.74) is 0.779. The Morgan fingerprint density at radius 3 is 2.42 bits per heavy atom. The average Bonchev–Trinajstić information content (AvgIpc) is 3.37. The van der Waals surface area contributed by atoms with E-state index in [1.54, 1.807) is 6.07 Å². The van der Waals surface area contributed by atoms with E-state index in [2.05, 4.69) is 20.1 Å². The predicted molar refractivity (Wildman–Crippen MR) is 138 cm³/mol. The molecule has 0 bridgehead atoms. The van der Waals surface area contributed by atoms with Crippen LogP contribution in [0.2, 0.25) is 0 Å². The minimum atomic E-state index is -0.233. The van der Waals surface area contributed by atoms with Crippen LogP contribution in [0.1, 0.15) is 31.2 Å². The van der Waals surface area contributed by atoms with E-state index in [-0.39, 0.29) is 41.8 Å². The Labute approximate surface area is 213 Å². The van der Waals surface area contributed by atoms with Gasteiger partial charge in [0.25, 0.3) is 5.91 Å². The number of hydrogen-bond donors (Lipinski definition) is 1. The monoisotopic (exact) mass is 573 g/mol. The molecule has 1 atom stereocenters. The number of carbonyl (C=O) groups excluding carboxylic acids is 1. The Bertz CT molecular complexity index is 789. The fraction of sp³-hybridized carbons (Fsp3) is 0.667. The molecule has 0 saturated carbocycles. The number of piperidine rings is 1. The van der Waals surface area contributed by atoms with Crippen molar-refractivity contribution in [3.8, 4) is 0 Å². The van der Waals surface area contributed by atoms with Crippen molar-refractivity contribution in [3.63, 3.8) is 0 Å². The first-order valence-electron chi connectivity index (χ1n) is 12.0. The molecule has 3 heterocycles. The number of piperazine rings is 1. The molecule has 1 N–H and O–H groups in total. The van der Waals surface area contributed by atoms with Gasteiger partial charge in [-0.15, -0.1) is 24.0 Å². The lowest BCUT2D eigenvalue weighted by molar-refractivity contribution is -0.142. The molecule has 3 fully saturated rings. The van der Waals surface area contributed by atoms with E-state index in [0.29, 0.717) is 32.2 Å². The van der Waals surface area contributed by atoms with Gasteiger partial charge in [0, 0.05) is 58.5 Å². The van der Waals surface area contributed by atoms with Crippen LogP contribution >= 0.6 is 24.0 Å². The van der Waals surface area contributed by atoms with Gasteiger partial charge in [-0.25, -0.2) is 4.39 Å². The number of hydrogen-bond acceptors (Lipinski definition) is 4. The van der Waals surface area contributed by atoms with E-state index in [0.717, 1.165) is 69.9 Å². The van der Waals surface area contributed by atoms with E-state index in [9.17, 15) is 9.18 Å². The minimum absolute atomic E-state index is 0. The van der Waals surface area contributed by atoms with Crippen molar-refractivity contribution >= 4 is 35.8 Å². The highest BCUT2D eigenvalue weighted by molar-refractivity contribution is 14.0. The molecule has 0 aliphatic carbocycles. The van der Waals surface area contributed by atoms with Crippen LogP contribution in [0.5, 0.6) is 0 Å². The quantitative estimate of drug-likeness (QED) is 0.334. The number of guanidine groups is 1. The van der Waals surface area contributed by atoms with Gasteiger partial charge in [-0.05, 0) is 50.8 Å². The van der Waals surface area contributed by atoms with E-state index in [4.69, 9.17) is 4.74 Å². The average molecular weight is 573 g/mol. The molecule has 0 aromatic heterocycles. The third kappa shape index (κ3) is 7.02. The molecular weight excluding hydrogens is 536 g/mol. The summed E-state index contributed by atoms with van der Waals surface area (Å²) < 4.78 is 19.5. The van der Waals surface area contributed by atoms with E-state index in [1.807, 2.05) is 24.1 Å². The SMILES string of the molecule is CN=C(NCC1CCN(Cc2ccccc2F)CC1)N1CCN(C(=O)C2CCCO2)CC1.I. The highest BCUT2D eigenvalue weighted by atomic mass is 127. The second-order valence-corrected chi connectivity index (χ2v) is 9.05. The normalized spacial score (nSPS) is 22.8. The fourth-order valence-corrected chi connectivity index (χ4v) is 4.90. The number of nitrogens with zero attached hydrogens (tertiary/aromatic N) is 4. The van der Waals surface area contributed by atoms with Crippen molar-refractivity contribution in [1.82, 2.24) is 20.0 Å². The second-order valence-electron chi connectivity index (χ2n) is 9.05. The maximum absolute atomic E-state index is 13.9. The van der Waals surface area contributed by atoms with Crippen LogP contribution in [0.25, 0.3) is 0 Å². The fourth-order valence-electron chi connectivity index (χ4n) is 4.90. The summed E-state index contributed by atoms with van der Waals surface area (Å²) in [5.74, 6) is 1.54. The summed E-state index contributed by atoms with van der Waals surface area (Å²) in [4.78, 5) is 23.5. The molecule has 9 heteroatoms. The molecule has 4 rings (SSSR count). The Kier molecular flexibility index (Phi) is 10.2. The van der Waals surface area contributed by atoms with Crippen LogP contribution in [0.4, 0.5) is 4.39 Å². The molecule has 33 heavy (non-hydrogen) atoms. The first kappa shape index (κ1) is 26.2. The van der Waals surface area contributed by atoms with Crippen molar-refractivity contribution < 1.29 is 13.9 Å².